The molecule has 4 heterocycles. The quantitative estimate of drug-likeness (QED) is 0.176. The molecule has 4 N–H and O–H groups in total. The molecule has 4 atom stereocenters. The van der Waals surface area contributed by atoms with Gasteiger partial charge in [0.25, 0.3) is 0 Å². The Bertz CT molecular complexity index is 1720. The van der Waals surface area contributed by atoms with Crippen molar-refractivity contribution in [2.45, 2.75) is 69.5 Å². The Labute approximate surface area is 275 Å². The number of anilines is 2. The second-order valence-corrected chi connectivity index (χ2v) is 13.0. The van der Waals surface area contributed by atoms with Crippen LogP contribution in [0.3, 0.4) is 0 Å². The van der Waals surface area contributed by atoms with Crippen LogP contribution in [-0.4, -0.2) is 76.9 Å². The average Bonchev–Trinajstić information content (AvgIpc) is 3.51. The fourth-order valence-corrected chi connectivity index (χ4v) is 7.72. The number of carboxylic acid groups (broad SMARTS) is 1. The van der Waals surface area contributed by atoms with E-state index in [9.17, 15) is 14.7 Å². The second-order valence-electron chi connectivity index (χ2n) is 13.0. The van der Waals surface area contributed by atoms with Crippen molar-refractivity contribution >= 4 is 34.4 Å². The molecule has 10 heteroatoms. The van der Waals surface area contributed by atoms with E-state index < -0.39 is 18.1 Å². The molecule has 7 rings (SSSR count). The number of benzene rings is 3. The third kappa shape index (κ3) is 6.44. The molecule has 10 nitrogen and oxygen atoms in total. The SMILES string of the molecule is CCCCC1C(NC2c3c(Cc4ccccc4)cccc3NC(=O)C2c2nc3cc(N4CCOCC4)ccc3[nH]2)CCCN1C(=O)O. The Morgan fingerprint density at radius 3 is 2.68 bits per heavy atom. The summed E-state index contributed by atoms with van der Waals surface area (Å²) < 4.78 is 5.55. The number of rotatable bonds is 9. The summed E-state index contributed by atoms with van der Waals surface area (Å²) in [7, 11) is 0. The van der Waals surface area contributed by atoms with Gasteiger partial charge >= 0.3 is 6.09 Å². The van der Waals surface area contributed by atoms with Gasteiger partial charge in [0.15, 0.2) is 0 Å². The smallest absolute Gasteiger partial charge is 0.407 e. The van der Waals surface area contributed by atoms with Gasteiger partial charge in [-0.25, -0.2) is 9.78 Å². The number of imidazole rings is 1. The lowest BCUT2D eigenvalue weighted by molar-refractivity contribution is -0.119. The number of ether oxygens (including phenoxy) is 1. The molecule has 0 spiro atoms. The van der Waals surface area contributed by atoms with Gasteiger partial charge in [-0.1, -0.05) is 62.2 Å². The maximum Gasteiger partial charge on any atom is 0.407 e. The molecule has 1 aromatic heterocycles. The van der Waals surface area contributed by atoms with Crippen LogP contribution < -0.4 is 15.5 Å². The summed E-state index contributed by atoms with van der Waals surface area (Å²) >= 11 is 0. The molecule has 246 valence electrons. The zero-order valence-corrected chi connectivity index (χ0v) is 27.0. The number of hydrogen-bond acceptors (Lipinski definition) is 6. The number of fused-ring (bicyclic) bond motifs is 2. The summed E-state index contributed by atoms with van der Waals surface area (Å²) in [5.74, 6) is -0.175. The lowest BCUT2D eigenvalue weighted by atomic mass is 9.81. The number of piperidine rings is 1. The Hall–Kier alpha value is -4.41. The van der Waals surface area contributed by atoms with Crippen molar-refractivity contribution in [3.8, 4) is 0 Å². The summed E-state index contributed by atoms with van der Waals surface area (Å²) in [6.07, 6.45) is 4.13. The van der Waals surface area contributed by atoms with Gasteiger partial charge in [0.1, 0.15) is 11.7 Å². The normalized spacial score (nSPS) is 23.0. The van der Waals surface area contributed by atoms with Gasteiger partial charge in [0, 0.05) is 37.1 Å². The highest BCUT2D eigenvalue weighted by atomic mass is 16.5. The number of aromatic amines is 1. The van der Waals surface area contributed by atoms with Gasteiger partial charge in [0.2, 0.25) is 5.91 Å². The lowest BCUT2D eigenvalue weighted by Crippen LogP contribution is -2.57. The Balaban J connectivity index is 1.30. The Morgan fingerprint density at radius 2 is 1.89 bits per heavy atom. The number of carbonyl (C=O) groups excluding carboxylic acids is 1. The van der Waals surface area contributed by atoms with Crippen LogP contribution in [0.2, 0.25) is 0 Å². The predicted molar refractivity (Wildman–Crippen MR) is 183 cm³/mol. The fraction of sp³-hybridized carbons (Fsp3) is 0.432. The number of likely N-dealkylation sites (tertiary alicyclic amines) is 1. The van der Waals surface area contributed by atoms with E-state index in [1.165, 1.54) is 5.56 Å². The first-order valence-electron chi connectivity index (χ1n) is 17.0. The molecule has 0 saturated carbocycles. The number of aromatic nitrogens is 2. The predicted octanol–water partition coefficient (Wildman–Crippen LogP) is 6.06. The first kappa shape index (κ1) is 31.2. The summed E-state index contributed by atoms with van der Waals surface area (Å²) in [6, 6.07) is 22.0. The molecule has 4 aromatic rings. The molecule has 0 bridgehead atoms. The molecule has 3 aliphatic heterocycles. The van der Waals surface area contributed by atoms with Gasteiger partial charge in [0.05, 0.1) is 36.3 Å². The van der Waals surface area contributed by atoms with Crippen molar-refractivity contribution in [3.05, 3.63) is 89.2 Å². The second kappa shape index (κ2) is 13.8. The summed E-state index contributed by atoms with van der Waals surface area (Å²) in [5.41, 5.74) is 6.92. The van der Waals surface area contributed by atoms with Gasteiger partial charge in [-0.15, -0.1) is 0 Å². The largest absolute Gasteiger partial charge is 0.465 e. The van der Waals surface area contributed by atoms with Crippen molar-refractivity contribution in [2.75, 3.05) is 43.1 Å². The van der Waals surface area contributed by atoms with Gasteiger partial charge in [-0.05, 0) is 66.6 Å². The van der Waals surface area contributed by atoms with Crippen LogP contribution in [-0.2, 0) is 16.0 Å². The maximum absolute atomic E-state index is 14.2. The van der Waals surface area contributed by atoms with Crippen LogP contribution in [0.5, 0.6) is 0 Å². The number of H-pyrrole nitrogens is 1. The van der Waals surface area contributed by atoms with E-state index in [1.54, 1.807) is 4.90 Å². The van der Waals surface area contributed by atoms with E-state index in [0.29, 0.717) is 32.0 Å². The standard InChI is InChI=1S/C37H44N6O4/c1-2-3-14-31-28(13-8-17-43(31)37(45)46)38-34-32-25(22-24-9-5-4-6-10-24)11-7-12-29(32)41-36(44)33(34)35-39-27-16-15-26(23-30(27)40-35)42-18-20-47-21-19-42/h4-7,9-12,15-16,23,28,31,33-34,38H,2-3,8,13-14,17-22H2,1H3,(H,39,40)(H,41,44)(H,45,46). The number of hydrogen-bond donors (Lipinski definition) is 4. The number of carbonyl (C=O) groups is 2. The van der Waals surface area contributed by atoms with Crippen molar-refractivity contribution < 1.29 is 19.4 Å². The number of unbranched alkanes of at least 4 members (excludes halogenated alkanes) is 1. The highest BCUT2D eigenvalue weighted by Gasteiger charge is 2.44. The van der Waals surface area contributed by atoms with E-state index >= 15 is 0 Å². The molecule has 3 aliphatic rings. The average molecular weight is 637 g/mol. The molecule has 47 heavy (non-hydrogen) atoms. The molecule has 0 radical (unpaired) electrons. The van der Waals surface area contributed by atoms with Crippen molar-refractivity contribution in [1.29, 1.82) is 0 Å². The molecule has 2 saturated heterocycles. The first-order chi connectivity index (χ1) is 23.0. The van der Waals surface area contributed by atoms with Crippen LogP contribution in [0.25, 0.3) is 11.0 Å². The number of nitrogens with zero attached hydrogens (tertiary/aromatic N) is 3. The molecular weight excluding hydrogens is 592 g/mol. The first-order valence-corrected chi connectivity index (χ1v) is 17.0. The minimum Gasteiger partial charge on any atom is -0.465 e. The Kier molecular flexibility index (Phi) is 9.13. The van der Waals surface area contributed by atoms with Gasteiger partial charge in [-0.3, -0.25) is 4.79 Å². The number of nitrogens with one attached hydrogen (secondary N) is 3. The van der Waals surface area contributed by atoms with E-state index in [0.717, 1.165) is 78.7 Å². The molecule has 3 aromatic carbocycles. The minimum atomic E-state index is -0.880. The summed E-state index contributed by atoms with van der Waals surface area (Å²) in [4.78, 5) is 39.1. The highest BCUT2D eigenvalue weighted by molar-refractivity contribution is 6.00. The molecule has 2 amide bonds. The third-order valence-electron chi connectivity index (χ3n) is 10.0. The zero-order chi connectivity index (χ0) is 32.3. The monoisotopic (exact) mass is 636 g/mol. The number of amides is 2. The zero-order valence-electron chi connectivity index (χ0n) is 27.0. The lowest BCUT2D eigenvalue weighted by Gasteiger charge is -2.44. The van der Waals surface area contributed by atoms with Crippen molar-refractivity contribution in [3.63, 3.8) is 0 Å². The van der Waals surface area contributed by atoms with Crippen LogP contribution in [0.4, 0.5) is 16.2 Å². The molecule has 0 aliphatic carbocycles. The van der Waals surface area contributed by atoms with Crippen LogP contribution in [0.1, 0.15) is 73.5 Å². The topological polar surface area (TPSA) is 123 Å². The van der Waals surface area contributed by atoms with Crippen molar-refractivity contribution in [2.24, 2.45) is 0 Å². The summed E-state index contributed by atoms with van der Waals surface area (Å²) in [6.45, 7) is 5.72. The molecule has 4 unspecified atom stereocenters. The van der Waals surface area contributed by atoms with E-state index in [4.69, 9.17) is 9.72 Å². The van der Waals surface area contributed by atoms with E-state index in [2.05, 4.69) is 57.8 Å². The van der Waals surface area contributed by atoms with Gasteiger partial charge in [-0.2, -0.15) is 0 Å². The third-order valence-corrected chi connectivity index (χ3v) is 10.0. The molecular formula is C37H44N6O4. The van der Waals surface area contributed by atoms with Crippen LogP contribution >= 0.6 is 0 Å². The van der Waals surface area contributed by atoms with E-state index in [-0.39, 0.29) is 18.0 Å². The summed E-state index contributed by atoms with van der Waals surface area (Å²) in [5, 5.41) is 17.3. The van der Waals surface area contributed by atoms with Crippen LogP contribution in [0.15, 0.2) is 66.7 Å². The van der Waals surface area contributed by atoms with Crippen molar-refractivity contribution in [1.82, 2.24) is 20.2 Å². The minimum absolute atomic E-state index is 0.111. The fourth-order valence-electron chi connectivity index (χ4n) is 7.72. The Morgan fingerprint density at radius 1 is 1.06 bits per heavy atom. The maximum atomic E-state index is 14.2. The molecule has 2 fully saturated rings. The number of morpholine rings is 1. The van der Waals surface area contributed by atoms with Crippen LogP contribution in [0, 0.1) is 0 Å². The van der Waals surface area contributed by atoms with Gasteiger partial charge < -0.3 is 35.3 Å². The highest BCUT2D eigenvalue weighted by Crippen LogP contribution is 2.43. The van der Waals surface area contributed by atoms with E-state index in [1.807, 2.05) is 36.4 Å².